The van der Waals surface area contributed by atoms with Crippen molar-refractivity contribution in [1.82, 2.24) is 5.32 Å². The first-order valence-corrected chi connectivity index (χ1v) is 28.1. The third-order valence-corrected chi connectivity index (χ3v) is 13.0. The standard InChI is InChI=1S/C57H109NO5/c1-3-5-7-9-11-13-15-17-18-19-20-21-22-23-24-25-26-27-29-30-33-37-41-45-49-55(60)54(53-59)58-56(61)50-46-42-38-34-32-36-40-44-48-52-63-57(62)51-47-43-39-35-31-28-16-14-12-10-8-6-4-2/h14,16,45,49,54-55,59-60H,3-13,15,17-44,46-48,50-53H2,1-2H3,(H,58,61)/b16-14-,49-45+. The van der Waals surface area contributed by atoms with Crippen molar-refractivity contribution in [2.45, 2.75) is 315 Å². The Morgan fingerprint density at radius 1 is 0.429 bits per heavy atom. The number of rotatable bonds is 52. The number of hydrogen-bond acceptors (Lipinski definition) is 5. The van der Waals surface area contributed by atoms with E-state index >= 15 is 0 Å². The molecule has 3 N–H and O–H groups in total. The highest BCUT2D eigenvalue weighted by Crippen LogP contribution is 2.17. The van der Waals surface area contributed by atoms with Crippen molar-refractivity contribution in [3.05, 3.63) is 24.3 Å². The molecule has 0 aliphatic rings. The van der Waals surface area contributed by atoms with Gasteiger partial charge >= 0.3 is 5.97 Å². The van der Waals surface area contributed by atoms with Crippen LogP contribution in [0.3, 0.4) is 0 Å². The number of hydrogen-bond donors (Lipinski definition) is 3. The molecule has 0 aromatic rings. The monoisotopic (exact) mass is 888 g/mol. The number of amides is 1. The Kier molecular flexibility index (Phi) is 51.6. The third kappa shape index (κ3) is 49.6. The maximum atomic E-state index is 12.5. The van der Waals surface area contributed by atoms with E-state index in [9.17, 15) is 19.8 Å². The summed E-state index contributed by atoms with van der Waals surface area (Å²) in [6, 6.07) is -0.649. The van der Waals surface area contributed by atoms with Gasteiger partial charge in [-0.2, -0.15) is 0 Å². The molecule has 2 unspecified atom stereocenters. The zero-order chi connectivity index (χ0) is 45.8. The van der Waals surface area contributed by atoms with Crippen LogP contribution in [0.2, 0.25) is 0 Å². The molecule has 0 spiro atoms. The summed E-state index contributed by atoms with van der Waals surface area (Å²) >= 11 is 0. The van der Waals surface area contributed by atoms with Crippen LogP contribution in [0, 0.1) is 0 Å². The van der Waals surface area contributed by atoms with Crippen molar-refractivity contribution in [2.75, 3.05) is 13.2 Å². The van der Waals surface area contributed by atoms with E-state index < -0.39 is 12.1 Å². The Balaban J connectivity index is 3.52. The number of aliphatic hydroxyl groups is 2. The van der Waals surface area contributed by atoms with E-state index in [1.165, 1.54) is 218 Å². The molecule has 372 valence electrons. The maximum absolute atomic E-state index is 12.5. The number of allylic oxidation sites excluding steroid dienone is 3. The molecule has 0 rings (SSSR count). The molecule has 63 heavy (non-hydrogen) atoms. The van der Waals surface area contributed by atoms with Crippen LogP contribution in [-0.2, 0) is 14.3 Å². The minimum Gasteiger partial charge on any atom is -0.466 e. The first kappa shape index (κ1) is 61.3. The summed E-state index contributed by atoms with van der Waals surface area (Å²) < 4.78 is 5.44. The minimum atomic E-state index is -0.863. The van der Waals surface area contributed by atoms with Crippen LogP contribution in [0.25, 0.3) is 0 Å². The van der Waals surface area contributed by atoms with Crippen LogP contribution in [0.5, 0.6) is 0 Å². The number of aliphatic hydroxyl groups excluding tert-OH is 2. The molecule has 0 radical (unpaired) electrons. The number of ether oxygens (including phenoxy) is 1. The van der Waals surface area contributed by atoms with Gasteiger partial charge in [0, 0.05) is 12.8 Å². The summed E-state index contributed by atoms with van der Waals surface area (Å²) in [6.07, 6.45) is 63.4. The Hall–Kier alpha value is -1.66. The molecule has 1 amide bonds. The van der Waals surface area contributed by atoms with Crippen LogP contribution in [0.1, 0.15) is 303 Å². The van der Waals surface area contributed by atoms with E-state index in [-0.39, 0.29) is 18.5 Å². The topological polar surface area (TPSA) is 95.9 Å². The van der Waals surface area contributed by atoms with E-state index in [0.29, 0.717) is 19.4 Å². The summed E-state index contributed by atoms with van der Waals surface area (Å²) in [5.74, 6) is -0.129. The smallest absolute Gasteiger partial charge is 0.305 e. The fourth-order valence-electron chi connectivity index (χ4n) is 8.63. The molecule has 0 aromatic heterocycles. The van der Waals surface area contributed by atoms with Gasteiger partial charge in [-0.05, 0) is 57.8 Å². The van der Waals surface area contributed by atoms with Crippen LogP contribution in [0.4, 0.5) is 0 Å². The average molecular weight is 889 g/mol. The van der Waals surface area contributed by atoms with Gasteiger partial charge in [0.1, 0.15) is 0 Å². The zero-order valence-electron chi connectivity index (χ0n) is 42.3. The van der Waals surface area contributed by atoms with Gasteiger partial charge in [-0.25, -0.2) is 0 Å². The predicted molar refractivity (Wildman–Crippen MR) is 273 cm³/mol. The lowest BCUT2D eigenvalue weighted by molar-refractivity contribution is -0.143. The molecule has 0 bridgehead atoms. The van der Waals surface area contributed by atoms with Gasteiger partial charge in [-0.1, -0.05) is 256 Å². The largest absolute Gasteiger partial charge is 0.466 e. The molecular formula is C57H109NO5. The van der Waals surface area contributed by atoms with E-state index in [1.807, 2.05) is 6.08 Å². The number of carbonyl (C=O) groups is 2. The van der Waals surface area contributed by atoms with Crippen molar-refractivity contribution >= 4 is 11.9 Å². The highest BCUT2D eigenvalue weighted by Gasteiger charge is 2.18. The second kappa shape index (κ2) is 53.0. The third-order valence-electron chi connectivity index (χ3n) is 13.0. The summed E-state index contributed by atoms with van der Waals surface area (Å²) in [5.41, 5.74) is 0. The Morgan fingerprint density at radius 3 is 1.14 bits per heavy atom. The quantitative estimate of drug-likeness (QED) is 0.0321. The van der Waals surface area contributed by atoms with Gasteiger partial charge in [-0.15, -0.1) is 0 Å². The molecule has 0 heterocycles. The molecule has 0 aromatic carbocycles. The second-order valence-electron chi connectivity index (χ2n) is 19.3. The zero-order valence-corrected chi connectivity index (χ0v) is 42.3. The lowest BCUT2D eigenvalue weighted by Crippen LogP contribution is -2.45. The summed E-state index contributed by atoms with van der Waals surface area (Å²) in [4.78, 5) is 24.5. The molecular weight excluding hydrogens is 779 g/mol. The van der Waals surface area contributed by atoms with Gasteiger partial charge in [0.2, 0.25) is 5.91 Å². The predicted octanol–water partition coefficient (Wildman–Crippen LogP) is 17.1. The number of esters is 1. The van der Waals surface area contributed by atoms with Crippen LogP contribution >= 0.6 is 0 Å². The molecule has 0 aliphatic heterocycles. The SMILES string of the molecule is CCCCCC/C=C\CCCCCCCC(=O)OCCCCCCCCCCCC(=O)NC(CO)C(O)/C=C/CCCCCCCCCCCCCCCCCCCCCCCC. The van der Waals surface area contributed by atoms with Gasteiger partial charge in [0.25, 0.3) is 0 Å². The number of unbranched alkanes of at least 4 members (excludes halogenated alkanes) is 39. The fraction of sp³-hybridized carbons (Fsp3) is 0.895. The van der Waals surface area contributed by atoms with E-state index in [2.05, 4.69) is 31.3 Å². The molecule has 6 nitrogen and oxygen atoms in total. The van der Waals surface area contributed by atoms with Gasteiger partial charge in [0.05, 0.1) is 25.4 Å². The molecule has 0 aliphatic carbocycles. The lowest BCUT2D eigenvalue weighted by atomic mass is 10.0. The van der Waals surface area contributed by atoms with E-state index in [1.54, 1.807) is 6.08 Å². The molecule has 0 fully saturated rings. The van der Waals surface area contributed by atoms with Crippen molar-refractivity contribution in [3.63, 3.8) is 0 Å². The minimum absolute atomic E-state index is 0.0359. The van der Waals surface area contributed by atoms with Crippen molar-refractivity contribution in [2.24, 2.45) is 0 Å². The molecule has 0 saturated carbocycles. The van der Waals surface area contributed by atoms with Crippen LogP contribution in [0.15, 0.2) is 24.3 Å². The van der Waals surface area contributed by atoms with Crippen molar-refractivity contribution in [3.8, 4) is 0 Å². The van der Waals surface area contributed by atoms with Crippen molar-refractivity contribution in [1.29, 1.82) is 0 Å². The highest BCUT2D eigenvalue weighted by atomic mass is 16.5. The molecule has 6 heteroatoms. The maximum Gasteiger partial charge on any atom is 0.305 e. The number of carbonyl (C=O) groups excluding carboxylic acids is 2. The van der Waals surface area contributed by atoms with Crippen LogP contribution in [-0.4, -0.2) is 47.4 Å². The Labute approximate surface area is 392 Å². The summed E-state index contributed by atoms with van der Waals surface area (Å²) in [6.45, 7) is 4.83. The lowest BCUT2D eigenvalue weighted by Gasteiger charge is -2.20. The van der Waals surface area contributed by atoms with Gasteiger partial charge in [0.15, 0.2) is 0 Å². The highest BCUT2D eigenvalue weighted by molar-refractivity contribution is 5.76. The van der Waals surface area contributed by atoms with Crippen molar-refractivity contribution < 1.29 is 24.5 Å². The van der Waals surface area contributed by atoms with E-state index in [4.69, 9.17) is 4.74 Å². The normalized spacial score (nSPS) is 12.8. The van der Waals surface area contributed by atoms with Crippen LogP contribution < -0.4 is 5.32 Å². The Bertz CT molecular complexity index is 982. The number of nitrogens with one attached hydrogen (secondary N) is 1. The van der Waals surface area contributed by atoms with Gasteiger partial charge < -0.3 is 20.3 Å². The van der Waals surface area contributed by atoms with E-state index in [0.717, 1.165) is 57.8 Å². The first-order valence-electron chi connectivity index (χ1n) is 28.1. The molecule has 2 atom stereocenters. The average Bonchev–Trinajstić information content (AvgIpc) is 3.28. The van der Waals surface area contributed by atoms with Gasteiger partial charge in [-0.3, -0.25) is 9.59 Å². The summed E-state index contributed by atoms with van der Waals surface area (Å²) in [7, 11) is 0. The molecule has 0 saturated heterocycles. The fourth-order valence-corrected chi connectivity index (χ4v) is 8.63. The first-order chi connectivity index (χ1) is 31.0. The second-order valence-corrected chi connectivity index (χ2v) is 19.3. The summed E-state index contributed by atoms with van der Waals surface area (Å²) in [5, 5.41) is 23.1. The Morgan fingerprint density at radius 2 is 0.746 bits per heavy atom.